The molecule has 0 saturated carbocycles. The Balaban J connectivity index is 3.00. The summed E-state index contributed by atoms with van der Waals surface area (Å²) in [6.45, 7) is 2.34. The Morgan fingerprint density at radius 3 is 2.57 bits per heavy atom. The molecule has 0 amide bonds. The van der Waals surface area contributed by atoms with Gasteiger partial charge in [-0.1, -0.05) is 0 Å². The number of carbonyl (C=O) groups is 1. The second-order valence-electron chi connectivity index (χ2n) is 0.860. The van der Waals surface area contributed by atoms with Gasteiger partial charge in [0.2, 0.25) is 0 Å². The van der Waals surface area contributed by atoms with Gasteiger partial charge in [0.15, 0.2) is 0 Å². The zero-order chi connectivity index (χ0) is 5.70. The number of hydrogen-bond acceptors (Lipinski definition) is 2. The molecule has 0 unspecified atom stereocenters. The summed E-state index contributed by atoms with van der Waals surface area (Å²) in [5, 5.41) is 0. The number of alkyl halides is 1. The second-order valence-corrected chi connectivity index (χ2v) is 2.82. The molecule has 0 aromatic rings. The molecule has 7 heavy (non-hydrogen) atoms. The van der Waals surface area contributed by atoms with Crippen molar-refractivity contribution in [3.63, 3.8) is 0 Å². The van der Waals surface area contributed by atoms with Gasteiger partial charge >= 0.3 is 53.2 Å². The topological polar surface area (TPSA) is 26.3 Å². The van der Waals surface area contributed by atoms with Crippen LogP contribution in [0, 0.1) is 0 Å². The quantitative estimate of drug-likeness (QED) is 0.298. The predicted octanol–water partition coefficient (Wildman–Crippen LogP) is -2.14. The average Bonchev–Trinajstić information content (AvgIpc) is 1.68. The SMILES string of the molecule is CCOC(=O)[I-]C. The first-order chi connectivity index (χ1) is 3.31. The number of hydrogen-bond donors (Lipinski definition) is 0. The summed E-state index contributed by atoms with van der Waals surface area (Å²) in [4.78, 5) is 12.1. The van der Waals surface area contributed by atoms with Gasteiger partial charge in [-0.25, -0.2) is 0 Å². The number of ether oxygens (including phenoxy) is 1. The summed E-state index contributed by atoms with van der Waals surface area (Å²) < 4.78 is 4.59. The minimum atomic E-state index is -0.323. The Labute approximate surface area is 53.5 Å². The van der Waals surface area contributed by atoms with E-state index in [0.717, 1.165) is 0 Å². The van der Waals surface area contributed by atoms with Crippen LogP contribution in [-0.2, 0) is 4.74 Å². The standard InChI is InChI=1S/C4H8IO2/c1-3-7-4(6)5-2/h3H2,1-2H3/q-1. The maximum absolute atomic E-state index is 10.2. The third-order valence-electron chi connectivity index (χ3n) is 0.412. The van der Waals surface area contributed by atoms with Crippen molar-refractivity contribution in [2.24, 2.45) is 0 Å². The molecule has 0 heterocycles. The van der Waals surface area contributed by atoms with Gasteiger partial charge in [0.05, 0.1) is 0 Å². The molecule has 0 aromatic carbocycles. The normalized spacial score (nSPS) is 8.86. The van der Waals surface area contributed by atoms with Crippen LogP contribution in [0.25, 0.3) is 0 Å². The van der Waals surface area contributed by atoms with E-state index in [1.807, 2.05) is 11.9 Å². The fourth-order valence-corrected chi connectivity index (χ4v) is 0.791. The van der Waals surface area contributed by atoms with E-state index in [2.05, 4.69) is 4.74 Å². The number of rotatable bonds is 2. The zero-order valence-corrected chi connectivity index (χ0v) is 6.56. The molecule has 0 aliphatic heterocycles. The van der Waals surface area contributed by atoms with Crippen molar-refractivity contribution < 1.29 is 30.7 Å². The zero-order valence-electron chi connectivity index (χ0n) is 4.40. The second kappa shape index (κ2) is 4.36. The van der Waals surface area contributed by atoms with Crippen LogP contribution in [0.3, 0.4) is 0 Å². The Hall–Kier alpha value is 0.200. The number of carbonyl (C=O) groups excluding carboxylic acids is 1. The predicted molar refractivity (Wildman–Crippen MR) is 22.9 cm³/mol. The Morgan fingerprint density at radius 1 is 1.86 bits per heavy atom. The van der Waals surface area contributed by atoms with E-state index < -0.39 is 0 Å². The molecule has 0 radical (unpaired) electrons. The van der Waals surface area contributed by atoms with E-state index in [9.17, 15) is 4.79 Å². The van der Waals surface area contributed by atoms with Crippen molar-refractivity contribution in [2.75, 3.05) is 11.5 Å². The fourth-order valence-electron chi connectivity index (χ4n) is 0.168. The van der Waals surface area contributed by atoms with Crippen LogP contribution in [-0.4, -0.2) is 15.5 Å². The molecule has 44 valence electrons. The van der Waals surface area contributed by atoms with E-state index in [4.69, 9.17) is 0 Å². The fraction of sp³-hybridized carbons (Fsp3) is 0.750. The molecule has 0 N–H and O–H groups in total. The van der Waals surface area contributed by atoms with Crippen molar-refractivity contribution in [3.05, 3.63) is 0 Å². The summed E-state index contributed by atoms with van der Waals surface area (Å²) in [5.74, 6) is 0. The first-order valence-electron chi connectivity index (χ1n) is 1.97. The van der Waals surface area contributed by atoms with Crippen molar-refractivity contribution in [2.45, 2.75) is 6.92 Å². The van der Waals surface area contributed by atoms with E-state index in [1.165, 1.54) is 0 Å². The van der Waals surface area contributed by atoms with Gasteiger partial charge in [0.25, 0.3) is 0 Å². The van der Waals surface area contributed by atoms with E-state index in [1.54, 1.807) is 0 Å². The van der Waals surface area contributed by atoms with Gasteiger partial charge in [-0.2, -0.15) is 0 Å². The minimum absolute atomic E-state index is 0.0127. The van der Waals surface area contributed by atoms with Gasteiger partial charge in [-0.15, -0.1) is 0 Å². The molecule has 2 nitrogen and oxygen atoms in total. The summed E-state index contributed by atoms with van der Waals surface area (Å²) in [6, 6.07) is 0. The molecule has 0 aromatic heterocycles. The van der Waals surface area contributed by atoms with Crippen LogP contribution < -0.4 is 21.2 Å². The van der Waals surface area contributed by atoms with Crippen LogP contribution in [0.4, 0.5) is 4.79 Å². The van der Waals surface area contributed by atoms with Crippen LogP contribution >= 0.6 is 0 Å². The molecule has 0 bridgehead atoms. The third kappa shape index (κ3) is 4.04. The molecule has 0 fully saturated rings. The monoisotopic (exact) mass is 215 g/mol. The molecule has 0 atom stereocenters. The van der Waals surface area contributed by atoms with E-state index in [0.29, 0.717) is 6.61 Å². The molecule has 0 aliphatic carbocycles. The van der Waals surface area contributed by atoms with E-state index >= 15 is 0 Å². The summed E-state index contributed by atoms with van der Waals surface area (Å²) in [5.41, 5.74) is 0. The van der Waals surface area contributed by atoms with Crippen LogP contribution in [0.5, 0.6) is 0 Å². The molecule has 3 heteroatoms. The Bertz CT molecular complexity index is 62.7. The van der Waals surface area contributed by atoms with Gasteiger partial charge in [-0.05, 0) is 0 Å². The van der Waals surface area contributed by atoms with Crippen LogP contribution in [0.2, 0.25) is 0 Å². The summed E-state index contributed by atoms with van der Waals surface area (Å²) >= 11 is -0.323. The average molecular weight is 215 g/mol. The van der Waals surface area contributed by atoms with Crippen molar-refractivity contribution >= 4 is 3.98 Å². The summed E-state index contributed by atoms with van der Waals surface area (Å²) in [7, 11) is 0. The van der Waals surface area contributed by atoms with Crippen molar-refractivity contribution in [3.8, 4) is 0 Å². The first-order valence-corrected chi connectivity index (χ1v) is 5.21. The van der Waals surface area contributed by atoms with Crippen LogP contribution in [0.1, 0.15) is 6.92 Å². The Morgan fingerprint density at radius 2 is 2.43 bits per heavy atom. The first kappa shape index (κ1) is 7.20. The molecule has 0 rings (SSSR count). The van der Waals surface area contributed by atoms with Gasteiger partial charge in [0, 0.05) is 0 Å². The van der Waals surface area contributed by atoms with Crippen molar-refractivity contribution in [1.29, 1.82) is 0 Å². The Kier molecular flexibility index (Phi) is 4.49. The van der Waals surface area contributed by atoms with Gasteiger partial charge in [0.1, 0.15) is 0 Å². The molecular formula is C4H8IO2-. The molecule has 0 aliphatic rings. The molecule has 0 spiro atoms. The molecule has 0 saturated heterocycles. The van der Waals surface area contributed by atoms with E-state index in [-0.39, 0.29) is 25.2 Å². The third-order valence-corrected chi connectivity index (χ3v) is 1.60. The molecular weight excluding hydrogens is 207 g/mol. The number of halogens is 1. The summed E-state index contributed by atoms with van der Waals surface area (Å²) in [6.07, 6.45) is 0. The van der Waals surface area contributed by atoms with Crippen molar-refractivity contribution in [1.82, 2.24) is 0 Å². The van der Waals surface area contributed by atoms with Crippen LogP contribution in [0.15, 0.2) is 0 Å². The van der Waals surface area contributed by atoms with Gasteiger partial charge < -0.3 is 0 Å². The maximum atomic E-state index is 10.2. The van der Waals surface area contributed by atoms with Gasteiger partial charge in [-0.3, -0.25) is 0 Å².